The normalized spacial score (nSPS) is 17.8. The van der Waals surface area contributed by atoms with Crippen molar-refractivity contribution >= 4 is 56.1 Å². The number of carbonyl (C=O) groups is 4. The first kappa shape index (κ1) is 29.9. The van der Waals surface area contributed by atoms with Crippen molar-refractivity contribution in [3.05, 3.63) is 78.0 Å². The van der Waals surface area contributed by atoms with Gasteiger partial charge in [0.1, 0.15) is 5.69 Å². The Balaban J connectivity index is 1.58. The van der Waals surface area contributed by atoms with Gasteiger partial charge in [-0.3, -0.25) is 19.2 Å². The van der Waals surface area contributed by atoms with E-state index in [4.69, 9.17) is 4.84 Å². The molecule has 0 saturated carbocycles. The number of carboxylic acids is 1. The number of benzene rings is 2. The summed E-state index contributed by atoms with van der Waals surface area (Å²) in [6.45, 7) is 3.83. The molecule has 0 spiro atoms. The van der Waals surface area contributed by atoms with Crippen LogP contribution >= 0.6 is 15.9 Å². The fraction of sp³-hybridized carbons (Fsp3) is 0.333. The van der Waals surface area contributed by atoms with Crippen LogP contribution in [0.4, 0.5) is 0 Å². The lowest BCUT2D eigenvalue weighted by Crippen LogP contribution is -2.55. The average molecular weight is 624 g/mol. The Morgan fingerprint density at radius 3 is 2.39 bits per heavy atom. The van der Waals surface area contributed by atoms with Crippen molar-refractivity contribution in [3.63, 3.8) is 0 Å². The number of ketones is 1. The van der Waals surface area contributed by atoms with Gasteiger partial charge in [0.25, 0.3) is 11.8 Å². The zero-order valence-corrected chi connectivity index (χ0v) is 24.3. The molecule has 0 saturated heterocycles. The highest BCUT2D eigenvalue weighted by atomic mass is 79.9. The SMILES string of the molecule is CC(C)[C@H](NC(=O)c1ccc2ccccc2n1)C1=NOC(Cc2ccccc2)(C(=O)N[C@@H](CC(=O)O)C(=O)CBr)C1. The van der Waals surface area contributed by atoms with Crippen molar-refractivity contribution in [1.82, 2.24) is 15.6 Å². The van der Waals surface area contributed by atoms with Gasteiger partial charge in [-0.25, -0.2) is 4.98 Å². The van der Waals surface area contributed by atoms with Crippen molar-refractivity contribution in [2.24, 2.45) is 11.1 Å². The van der Waals surface area contributed by atoms with Crippen LogP contribution in [0.25, 0.3) is 10.9 Å². The number of fused-ring (bicyclic) bond motifs is 1. The van der Waals surface area contributed by atoms with Gasteiger partial charge in [0.15, 0.2) is 5.78 Å². The third-order valence-electron chi connectivity index (χ3n) is 6.90. The number of amides is 2. The minimum absolute atomic E-state index is 0.0182. The van der Waals surface area contributed by atoms with E-state index in [1.807, 2.05) is 74.5 Å². The molecule has 2 aromatic carbocycles. The Labute approximate surface area is 245 Å². The van der Waals surface area contributed by atoms with Crippen LogP contribution in [-0.2, 0) is 25.6 Å². The second-order valence-corrected chi connectivity index (χ2v) is 10.9. The highest BCUT2D eigenvalue weighted by molar-refractivity contribution is 9.09. The number of carbonyl (C=O) groups excluding carboxylic acids is 3. The monoisotopic (exact) mass is 622 g/mol. The van der Waals surface area contributed by atoms with Crippen molar-refractivity contribution in [3.8, 4) is 0 Å². The Hall–Kier alpha value is -4.12. The minimum Gasteiger partial charge on any atom is -0.481 e. The maximum atomic E-state index is 13.7. The van der Waals surface area contributed by atoms with Crippen LogP contribution in [-0.4, -0.2) is 62.4 Å². The van der Waals surface area contributed by atoms with Crippen molar-refractivity contribution in [1.29, 1.82) is 0 Å². The third-order valence-corrected chi connectivity index (χ3v) is 7.45. The zero-order valence-electron chi connectivity index (χ0n) is 22.7. The van der Waals surface area contributed by atoms with Crippen molar-refractivity contribution in [2.75, 3.05) is 5.33 Å². The van der Waals surface area contributed by atoms with Gasteiger partial charge in [0.05, 0.1) is 35.1 Å². The number of nitrogens with zero attached hydrogens (tertiary/aromatic N) is 2. The van der Waals surface area contributed by atoms with Gasteiger partial charge in [-0.15, -0.1) is 0 Å². The maximum Gasteiger partial charge on any atom is 0.305 e. The standard InChI is InChI=1S/C30H31BrN4O6/c1-18(2)27(34-28(39)22-13-12-20-10-6-7-11-21(20)32-22)24-16-30(41-35-24,15-19-8-4-3-5-9-19)29(40)33-23(14-26(37)38)25(36)17-31/h3-13,18,23,27H,14-17H2,1-2H3,(H,33,40)(H,34,39)(H,37,38)/t23-,27-,30?/m0/s1. The number of Topliss-reactive ketones (excluding diaryl/α,β-unsaturated/α-hetero) is 1. The quantitative estimate of drug-likeness (QED) is 0.261. The molecule has 41 heavy (non-hydrogen) atoms. The topological polar surface area (TPSA) is 147 Å². The summed E-state index contributed by atoms with van der Waals surface area (Å²) in [5.41, 5.74) is 0.606. The number of aromatic nitrogens is 1. The summed E-state index contributed by atoms with van der Waals surface area (Å²) in [5.74, 6) is -2.88. The number of rotatable bonds is 12. The van der Waals surface area contributed by atoms with E-state index in [1.54, 1.807) is 6.07 Å². The van der Waals surface area contributed by atoms with Gasteiger partial charge in [-0.2, -0.15) is 0 Å². The number of para-hydroxylation sites is 1. The molecule has 1 aromatic heterocycles. The van der Waals surface area contributed by atoms with Crippen LogP contribution in [0.15, 0.2) is 71.9 Å². The molecule has 1 aliphatic heterocycles. The van der Waals surface area contributed by atoms with E-state index in [0.717, 1.165) is 10.9 Å². The molecule has 0 radical (unpaired) electrons. The smallest absolute Gasteiger partial charge is 0.305 e. The molecule has 3 N–H and O–H groups in total. The Kier molecular flexibility index (Phi) is 9.49. The average Bonchev–Trinajstić information content (AvgIpc) is 3.39. The van der Waals surface area contributed by atoms with Crippen LogP contribution in [0.3, 0.4) is 0 Å². The fourth-order valence-electron chi connectivity index (χ4n) is 4.74. The first-order chi connectivity index (χ1) is 19.6. The number of hydrogen-bond donors (Lipinski definition) is 3. The number of oxime groups is 1. The summed E-state index contributed by atoms with van der Waals surface area (Å²) in [5, 5.41) is 19.9. The molecule has 0 fully saturated rings. The number of aliphatic carboxylic acids is 1. The van der Waals surface area contributed by atoms with E-state index in [0.29, 0.717) is 11.2 Å². The predicted octanol–water partition coefficient (Wildman–Crippen LogP) is 3.67. The number of halogens is 1. The molecule has 1 unspecified atom stereocenters. The molecule has 214 valence electrons. The molecule has 4 rings (SSSR count). The molecule has 3 atom stereocenters. The van der Waals surface area contributed by atoms with Gasteiger partial charge < -0.3 is 20.6 Å². The first-order valence-electron chi connectivity index (χ1n) is 13.2. The zero-order chi connectivity index (χ0) is 29.6. The lowest BCUT2D eigenvalue weighted by Gasteiger charge is -2.28. The molecule has 0 bridgehead atoms. The first-order valence-corrected chi connectivity index (χ1v) is 14.3. The third kappa shape index (κ3) is 7.15. The predicted molar refractivity (Wildman–Crippen MR) is 157 cm³/mol. The number of nitrogens with one attached hydrogen (secondary N) is 2. The summed E-state index contributed by atoms with van der Waals surface area (Å²) in [6.07, 6.45) is -0.445. The summed E-state index contributed by atoms with van der Waals surface area (Å²) in [4.78, 5) is 61.1. The molecule has 2 amide bonds. The van der Waals surface area contributed by atoms with Crippen LogP contribution in [0.1, 0.15) is 42.7 Å². The largest absolute Gasteiger partial charge is 0.481 e. The highest BCUT2D eigenvalue weighted by Gasteiger charge is 2.49. The number of pyridine rings is 1. The molecule has 11 heteroatoms. The van der Waals surface area contributed by atoms with E-state index in [-0.39, 0.29) is 29.8 Å². The van der Waals surface area contributed by atoms with Crippen LogP contribution in [0.2, 0.25) is 0 Å². The highest BCUT2D eigenvalue weighted by Crippen LogP contribution is 2.31. The molecule has 0 aliphatic carbocycles. The summed E-state index contributed by atoms with van der Waals surface area (Å²) in [6, 6.07) is 18.3. The second-order valence-electron chi connectivity index (χ2n) is 10.3. The lowest BCUT2D eigenvalue weighted by molar-refractivity contribution is -0.147. The number of carboxylic acid groups (broad SMARTS) is 1. The molecule has 2 heterocycles. The molecule has 3 aromatic rings. The fourth-order valence-corrected chi connectivity index (χ4v) is 5.13. The van der Waals surface area contributed by atoms with Crippen molar-refractivity contribution in [2.45, 2.75) is 50.8 Å². The molecule has 1 aliphatic rings. The van der Waals surface area contributed by atoms with E-state index in [2.05, 4.69) is 36.7 Å². The molecular formula is C30H31BrN4O6. The van der Waals surface area contributed by atoms with E-state index < -0.39 is 47.7 Å². The summed E-state index contributed by atoms with van der Waals surface area (Å²) in [7, 11) is 0. The van der Waals surface area contributed by atoms with Crippen LogP contribution in [0.5, 0.6) is 0 Å². The van der Waals surface area contributed by atoms with E-state index in [9.17, 15) is 24.3 Å². The summed E-state index contributed by atoms with van der Waals surface area (Å²) >= 11 is 3.05. The Morgan fingerprint density at radius 1 is 1.00 bits per heavy atom. The van der Waals surface area contributed by atoms with Gasteiger partial charge in [0, 0.05) is 18.2 Å². The van der Waals surface area contributed by atoms with Crippen LogP contribution in [0, 0.1) is 5.92 Å². The van der Waals surface area contributed by atoms with E-state index in [1.165, 1.54) is 0 Å². The second kappa shape index (κ2) is 13.0. The van der Waals surface area contributed by atoms with Gasteiger partial charge >= 0.3 is 5.97 Å². The van der Waals surface area contributed by atoms with Gasteiger partial charge in [-0.1, -0.05) is 89.5 Å². The van der Waals surface area contributed by atoms with Gasteiger partial charge in [-0.05, 0) is 23.6 Å². The van der Waals surface area contributed by atoms with Gasteiger partial charge in [0.2, 0.25) is 5.60 Å². The Morgan fingerprint density at radius 2 is 1.71 bits per heavy atom. The van der Waals surface area contributed by atoms with Crippen LogP contribution < -0.4 is 10.6 Å². The van der Waals surface area contributed by atoms with Crippen molar-refractivity contribution < 1.29 is 29.1 Å². The minimum atomic E-state index is -1.56. The lowest BCUT2D eigenvalue weighted by atomic mass is 9.84. The summed E-state index contributed by atoms with van der Waals surface area (Å²) < 4.78 is 0. The molecular weight excluding hydrogens is 592 g/mol. The number of alkyl halides is 1. The Bertz CT molecular complexity index is 1480. The maximum absolute atomic E-state index is 13.7. The number of hydrogen-bond acceptors (Lipinski definition) is 7. The molecule has 10 nitrogen and oxygen atoms in total. The van der Waals surface area contributed by atoms with E-state index >= 15 is 0 Å².